The highest BCUT2D eigenvalue weighted by Crippen LogP contribution is 2.28. The van der Waals surface area contributed by atoms with Crippen molar-refractivity contribution < 1.29 is 9.13 Å². The molecule has 3 heterocycles. The maximum Gasteiger partial charge on any atom is 0.151 e. The third-order valence-electron chi connectivity index (χ3n) is 6.52. The monoisotopic (exact) mass is 477 g/mol. The van der Waals surface area contributed by atoms with Gasteiger partial charge in [-0.15, -0.1) is 0 Å². The summed E-state index contributed by atoms with van der Waals surface area (Å²) in [5.74, 6) is 7.91. The van der Waals surface area contributed by atoms with Crippen molar-refractivity contribution in [1.29, 1.82) is 0 Å². The Balaban J connectivity index is 1.54. The molecule has 0 unspecified atom stereocenters. The molecule has 186 valence electrons. The zero-order chi connectivity index (χ0) is 24.6. The Hall–Kier alpha value is -2.95. The minimum Gasteiger partial charge on any atom is -0.382 e. The number of nitrogens with two attached hydrogens (primary N) is 1. The molecule has 6 nitrogen and oxygen atoms in total. The number of rotatable bonds is 10. The average Bonchev–Trinajstić information content (AvgIpc) is 3.39. The van der Waals surface area contributed by atoms with E-state index >= 15 is 0 Å². The first-order chi connectivity index (χ1) is 17.1. The molecule has 1 aromatic carbocycles. The molecule has 1 aliphatic heterocycles. The molecule has 3 aromatic rings. The summed E-state index contributed by atoms with van der Waals surface area (Å²) in [5, 5.41) is 0. The average molecular weight is 478 g/mol. The van der Waals surface area contributed by atoms with Crippen molar-refractivity contribution >= 4 is 16.9 Å². The maximum atomic E-state index is 13.4. The lowest BCUT2D eigenvalue weighted by Crippen LogP contribution is -2.22. The number of nitrogen functional groups attached to an aromatic ring is 1. The van der Waals surface area contributed by atoms with E-state index in [1.165, 1.54) is 0 Å². The van der Waals surface area contributed by atoms with Crippen LogP contribution in [0.5, 0.6) is 0 Å². The molecule has 2 N–H and O–H groups in total. The largest absolute Gasteiger partial charge is 0.382 e. The van der Waals surface area contributed by atoms with Gasteiger partial charge in [0.15, 0.2) is 5.82 Å². The molecule has 4 rings (SSSR count). The Morgan fingerprint density at radius 2 is 2.03 bits per heavy atom. The van der Waals surface area contributed by atoms with Crippen LogP contribution in [0.25, 0.3) is 11.0 Å². The molecule has 0 aliphatic carbocycles. The summed E-state index contributed by atoms with van der Waals surface area (Å²) in [7, 11) is 0. The SMILES string of the molecule is CCCCc1nc(N)c2c(n1)c(C#CCCCN1CC[C@@H](F)C1)c(C)n2COCc1ccccc1. The molecule has 0 bridgehead atoms. The van der Waals surface area contributed by atoms with Crippen molar-refractivity contribution in [3.63, 3.8) is 0 Å². The molecule has 0 amide bonds. The predicted octanol–water partition coefficient (Wildman–Crippen LogP) is 5.01. The highest BCUT2D eigenvalue weighted by Gasteiger charge is 2.21. The van der Waals surface area contributed by atoms with E-state index in [0.717, 1.165) is 78.9 Å². The van der Waals surface area contributed by atoms with Gasteiger partial charge in [0.05, 0.1) is 12.2 Å². The fourth-order valence-electron chi connectivity index (χ4n) is 4.55. The number of fused-ring (bicyclic) bond motifs is 1. The number of unbranched alkanes of at least 4 members (excludes halogenated alkanes) is 2. The van der Waals surface area contributed by atoms with E-state index < -0.39 is 6.17 Å². The van der Waals surface area contributed by atoms with E-state index in [2.05, 4.69) is 28.6 Å². The van der Waals surface area contributed by atoms with Crippen LogP contribution in [0, 0.1) is 18.8 Å². The molecule has 0 saturated carbocycles. The smallest absolute Gasteiger partial charge is 0.151 e. The van der Waals surface area contributed by atoms with E-state index in [1.807, 2.05) is 41.8 Å². The Morgan fingerprint density at radius 3 is 2.77 bits per heavy atom. The van der Waals surface area contributed by atoms with Crippen molar-refractivity contribution in [2.24, 2.45) is 0 Å². The van der Waals surface area contributed by atoms with Gasteiger partial charge in [-0.05, 0) is 38.3 Å². The number of aryl methyl sites for hydroxylation is 1. The summed E-state index contributed by atoms with van der Waals surface area (Å²) in [6.45, 7) is 7.33. The summed E-state index contributed by atoms with van der Waals surface area (Å²) in [6, 6.07) is 10.1. The zero-order valence-electron chi connectivity index (χ0n) is 20.9. The lowest BCUT2D eigenvalue weighted by molar-refractivity contribution is 0.0657. The first kappa shape index (κ1) is 25.2. The van der Waals surface area contributed by atoms with Gasteiger partial charge in [0.25, 0.3) is 0 Å². The molecular weight excluding hydrogens is 441 g/mol. The van der Waals surface area contributed by atoms with Crippen LogP contribution in [0.3, 0.4) is 0 Å². The van der Waals surface area contributed by atoms with Gasteiger partial charge in [0.2, 0.25) is 0 Å². The number of benzene rings is 1. The van der Waals surface area contributed by atoms with Crippen LogP contribution in [0.2, 0.25) is 0 Å². The minimum absolute atomic E-state index is 0.347. The fraction of sp³-hybridized carbons (Fsp3) is 0.500. The number of hydrogen-bond donors (Lipinski definition) is 1. The predicted molar refractivity (Wildman–Crippen MR) is 139 cm³/mol. The number of halogens is 1. The Kier molecular flexibility index (Phi) is 8.73. The Labute approximate surface area is 207 Å². The van der Waals surface area contributed by atoms with Crippen molar-refractivity contribution in [3.05, 3.63) is 53.0 Å². The molecule has 1 fully saturated rings. The fourth-order valence-corrected chi connectivity index (χ4v) is 4.55. The van der Waals surface area contributed by atoms with Gasteiger partial charge >= 0.3 is 0 Å². The van der Waals surface area contributed by atoms with Crippen LogP contribution >= 0.6 is 0 Å². The van der Waals surface area contributed by atoms with E-state index in [9.17, 15) is 4.39 Å². The Morgan fingerprint density at radius 1 is 1.20 bits per heavy atom. The van der Waals surface area contributed by atoms with Crippen molar-refractivity contribution in [1.82, 2.24) is 19.4 Å². The number of ether oxygens (including phenoxy) is 1. The van der Waals surface area contributed by atoms with E-state index in [1.54, 1.807) is 0 Å². The van der Waals surface area contributed by atoms with Crippen LogP contribution < -0.4 is 5.73 Å². The van der Waals surface area contributed by atoms with Gasteiger partial charge in [-0.25, -0.2) is 14.4 Å². The second kappa shape index (κ2) is 12.1. The third-order valence-corrected chi connectivity index (χ3v) is 6.52. The second-order valence-electron chi connectivity index (χ2n) is 9.27. The molecule has 0 radical (unpaired) electrons. The highest BCUT2D eigenvalue weighted by atomic mass is 19.1. The van der Waals surface area contributed by atoms with Gasteiger partial charge in [0, 0.05) is 31.6 Å². The summed E-state index contributed by atoms with van der Waals surface area (Å²) < 4.78 is 21.5. The zero-order valence-corrected chi connectivity index (χ0v) is 20.9. The minimum atomic E-state index is -0.675. The molecule has 0 spiro atoms. The normalized spacial score (nSPS) is 16.0. The summed E-state index contributed by atoms with van der Waals surface area (Å²) in [4.78, 5) is 11.6. The lowest BCUT2D eigenvalue weighted by Gasteiger charge is -2.12. The number of likely N-dealkylation sites (tertiary alicyclic amines) is 1. The molecule has 7 heteroatoms. The van der Waals surface area contributed by atoms with Gasteiger partial charge in [-0.3, -0.25) is 0 Å². The number of anilines is 1. The number of aromatic nitrogens is 3. The number of alkyl halides is 1. The summed E-state index contributed by atoms with van der Waals surface area (Å²) >= 11 is 0. The van der Waals surface area contributed by atoms with Crippen molar-refractivity contribution in [2.45, 2.75) is 71.9 Å². The number of nitrogens with zero attached hydrogens (tertiary/aromatic N) is 4. The van der Waals surface area contributed by atoms with Crippen LogP contribution in [0.1, 0.15) is 61.7 Å². The highest BCUT2D eigenvalue weighted by molar-refractivity contribution is 5.91. The first-order valence-corrected chi connectivity index (χ1v) is 12.7. The van der Waals surface area contributed by atoms with Crippen LogP contribution in [-0.2, 0) is 24.5 Å². The third kappa shape index (κ3) is 6.39. The standard InChI is InChI=1S/C28H36FN5O/c1-3-4-14-25-31-26-24(13-9-6-10-16-33-17-15-23(29)18-33)21(2)34(27(26)28(30)32-25)20-35-19-22-11-7-5-8-12-22/h5,7-8,11-12,23H,3-4,6,10,14-20H2,1-2H3,(H2,30,31,32)/t23-/m1/s1. The van der Waals surface area contributed by atoms with Crippen molar-refractivity contribution in [3.8, 4) is 11.8 Å². The molecule has 1 atom stereocenters. The second-order valence-corrected chi connectivity index (χ2v) is 9.27. The van der Waals surface area contributed by atoms with Crippen molar-refractivity contribution in [2.75, 3.05) is 25.4 Å². The van der Waals surface area contributed by atoms with Gasteiger partial charge < -0.3 is 19.9 Å². The molecule has 1 aliphatic rings. The first-order valence-electron chi connectivity index (χ1n) is 12.7. The molecule has 2 aromatic heterocycles. The topological polar surface area (TPSA) is 69.2 Å². The summed E-state index contributed by atoms with van der Waals surface area (Å²) in [6.07, 6.45) is 4.54. The maximum absolute atomic E-state index is 13.4. The lowest BCUT2D eigenvalue weighted by atomic mass is 10.2. The van der Waals surface area contributed by atoms with Crippen LogP contribution in [-0.4, -0.2) is 45.2 Å². The molecule has 35 heavy (non-hydrogen) atoms. The van der Waals surface area contributed by atoms with Gasteiger partial charge in [-0.2, -0.15) is 0 Å². The molecule has 1 saturated heterocycles. The van der Waals surface area contributed by atoms with E-state index in [-0.39, 0.29) is 0 Å². The summed E-state index contributed by atoms with van der Waals surface area (Å²) in [5.41, 5.74) is 11.0. The van der Waals surface area contributed by atoms with Crippen LogP contribution in [0.4, 0.5) is 10.2 Å². The van der Waals surface area contributed by atoms with Gasteiger partial charge in [0.1, 0.15) is 29.8 Å². The van der Waals surface area contributed by atoms with E-state index in [4.69, 9.17) is 15.5 Å². The van der Waals surface area contributed by atoms with Gasteiger partial charge in [-0.1, -0.05) is 55.5 Å². The number of hydrogen-bond acceptors (Lipinski definition) is 5. The molecular formula is C28H36FN5O. The quantitative estimate of drug-likeness (QED) is 0.328. The Bertz CT molecular complexity index is 1180. The van der Waals surface area contributed by atoms with Crippen LogP contribution in [0.15, 0.2) is 30.3 Å². The van der Waals surface area contributed by atoms with E-state index in [0.29, 0.717) is 32.1 Å².